The van der Waals surface area contributed by atoms with Gasteiger partial charge in [0.25, 0.3) is 7.82 Å². The Morgan fingerprint density at radius 3 is 1.75 bits per heavy atom. The number of Topliss-reactive ketones (excluding diaryl/α,β-unsaturated/α-hetero) is 1. The first kappa shape index (κ1) is 37.5. The molecule has 128 valence electrons. The molecule has 18 heteroatoms. The first-order valence-corrected chi connectivity index (χ1v) is 7.71. The molecule has 0 heterocycles. The second kappa shape index (κ2) is 16.7. The van der Waals surface area contributed by atoms with Gasteiger partial charge < -0.3 is 54.0 Å². The van der Waals surface area contributed by atoms with Crippen LogP contribution in [0.15, 0.2) is 0 Å². The Morgan fingerprint density at radius 2 is 1.42 bits per heavy atom. The van der Waals surface area contributed by atoms with E-state index < -0.39 is 53.0 Å². The third-order valence-corrected chi connectivity index (χ3v) is 2.74. The zero-order valence-electron chi connectivity index (χ0n) is 13.1. The fraction of sp³-hybridized carbons (Fsp3) is 0.833. The fourth-order valence-electron chi connectivity index (χ4n) is 0.898. The molecule has 0 bridgehead atoms. The largest absolute Gasteiger partial charge is 1.00 e. The molecule has 0 fully saturated rings. The van der Waals surface area contributed by atoms with Crippen LogP contribution >= 0.6 is 15.6 Å². The van der Waals surface area contributed by atoms with Crippen LogP contribution in [-0.2, 0) is 23.0 Å². The van der Waals surface area contributed by atoms with Crippen molar-refractivity contribution in [2.45, 2.75) is 18.3 Å². The van der Waals surface area contributed by atoms with Crippen molar-refractivity contribution in [1.29, 1.82) is 0 Å². The van der Waals surface area contributed by atoms with Crippen LogP contribution in [0.1, 0.15) is 0 Å². The van der Waals surface area contributed by atoms with Gasteiger partial charge in [-0.25, -0.2) is 0 Å². The van der Waals surface area contributed by atoms with Crippen molar-refractivity contribution in [3.05, 3.63) is 0 Å². The normalized spacial score (nSPS) is 16.6. The van der Waals surface area contributed by atoms with Gasteiger partial charge in [0.2, 0.25) is 0 Å². The Balaban J connectivity index is -0.000000301. The zero-order valence-corrected chi connectivity index (χ0v) is 20.9. The molecule has 0 saturated heterocycles. The van der Waals surface area contributed by atoms with Gasteiger partial charge in [0, 0.05) is 0 Å². The summed E-state index contributed by atoms with van der Waals surface area (Å²) in [6.07, 6.45) is -6.77. The maximum atomic E-state index is 11.1. The van der Waals surface area contributed by atoms with Gasteiger partial charge >= 0.3 is 88.7 Å². The SMILES string of the molecule is O.O=C(COP(=O)([O-])O)C(O)C(O)C(O)COP(=O)([O-])[O-].[Na+].[Na+].[Na+]. The maximum absolute atomic E-state index is 11.1. The fourth-order valence-corrected chi connectivity index (χ4v) is 1.52. The summed E-state index contributed by atoms with van der Waals surface area (Å²) in [4.78, 5) is 49.6. The van der Waals surface area contributed by atoms with E-state index >= 15 is 0 Å². The number of ketones is 1. The summed E-state index contributed by atoms with van der Waals surface area (Å²) >= 11 is 0. The minimum absolute atomic E-state index is 0. The number of rotatable bonds is 9. The molecule has 24 heavy (non-hydrogen) atoms. The van der Waals surface area contributed by atoms with Gasteiger partial charge in [-0.15, -0.1) is 0 Å². The van der Waals surface area contributed by atoms with E-state index in [1.165, 1.54) is 0 Å². The molecular formula is C6H13Na3O13P2. The Hall–Kier alpha value is 2.73. The third kappa shape index (κ3) is 19.5. The van der Waals surface area contributed by atoms with Crippen LogP contribution in [0.3, 0.4) is 0 Å². The van der Waals surface area contributed by atoms with Crippen LogP contribution in [0.2, 0.25) is 0 Å². The Labute approximate surface area is 202 Å². The van der Waals surface area contributed by atoms with Gasteiger partial charge in [-0.05, 0) is 0 Å². The van der Waals surface area contributed by atoms with Crippen LogP contribution in [0.25, 0.3) is 0 Å². The standard InChI is InChI=1S/C6H14O12P2.3Na.H2O/c7-3(1-17-19(11,12)13)5(9)6(10)4(8)2-18-20(14,15)16;;;;/h3,5-7,9-10H,1-2H2,(H2,11,12,13)(H2,14,15,16);;;;1H2/q;3*+1;/p-3. The van der Waals surface area contributed by atoms with Crippen molar-refractivity contribution in [1.82, 2.24) is 0 Å². The number of aliphatic hydroxyl groups excluding tert-OH is 3. The molecule has 13 nitrogen and oxygen atoms in total. The Kier molecular flexibility index (Phi) is 26.0. The number of aliphatic hydroxyl groups is 3. The minimum atomic E-state index is -5.42. The number of hydrogen-bond donors (Lipinski definition) is 4. The molecule has 0 aliphatic carbocycles. The van der Waals surface area contributed by atoms with Gasteiger partial charge in [-0.1, -0.05) is 0 Å². The molecule has 0 aliphatic heterocycles. The van der Waals surface area contributed by atoms with Crippen LogP contribution in [0.4, 0.5) is 0 Å². The van der Waals surface area contributed by atoms with Crippen molar-refractivity contribution in [2.24, 2.45) is 0 Å². The van der Waals surface area contributed by atoms with Gasteiger partial charge in [0.05, 0.1) is 14.4 Å². The molecule has 4 unspecified atom stereocenters. The van der Waals surface area contributed by atoms with Crippen LogP contribution in [0, 0.1) is 0 Å². The van der Waals surface area contributed by atoms with Crippen molar-refractivity contribution >= 4 is 21.4 Å². The molecule has 0 rings (SSSR count). The molecule has 0 aromatic carbocycles. The predicted octanol–water partition coefficient (Wildman–Crippen LogP) is -14.9. The van der Waals surface area contributed by atoms with E-state index in [1.54, 1.807) is 0 Å². The van der Waals surface area contributed by atoms with Crippen LogP contribution in [-0.4, -0.2) is 63.0 Å². The second-order valence-corrected chi connectivity index (χ2v) is 5.80. The number of carbonyl (C=O) groups excluding carboxylic acids is 1. The van der Waals surface area contributed by atoms with E-state index in [0.29, 0.717) is 0 Å². The molecule has 6 N–H and O–H groups in total. The van der Waals surface area contributed by atoms with Crippen molar-refractivity contribution < 1.29 is 152 Å². The summed E-state index contributed by atoms with van der Waals surface area (Å²) in [7, 11) is -10.6. The van der Waals surface area contributed by atoms with E-state index in [2.05, 4.69) is 9.05 Å². The van der Waals surface area contributed by atoms with Gasteiger partial charge in [-0.3, -0.25) is 9.36 Å². The summed E-state index contributed by atoms with van der Waals surface area (Å²) in [6.45, 7) is -2.55. The minimum Gasteiger partial charge on any atom is -0.790 e. The smallest absolute Gasteiger partial charge is 0.790 e. The van der Waals surface area contributed by atoms with E-state index in [9.17, 15) is 38.8 Å². The molecule has 0 aromatic rings. The quantitative estimate of drug-likeness (QED) is 0.199. The summed E-state index contributed by atoms with van der Waals surface area (Å²) in [5.41, 5.74) is 0. The van der Waals surface area contributed by atoms with E-state index in [-0.39, 0.29) is 94.1 Å². The summed E-state index contributed by atoms with van der Waals surface area (Å²) in [5, 5.41) is 27.5. The van der Waals surface area contributed by atoms with Gasteiger partial charge in [-0.2, -0.15) is 0 Å². The Bertz CT molecular complexity index is 424. The molecule has 0 saturated carbocycles. The maximum Gasteiger partial charge on any atom is 1.00 e. The zero-order chi connectivity index (χ0) is 16.1. The van der Waals surface area contributed by atoms with Crippen molar-refractivity contribution in [2.75, 3.05) is 13.2 Å². The molecule has 0 aliphatic rings. The molecule has 0 amide bonds. The summed E-state index contributed by atoms with van der Waals surface area (Å²) in [6, 6.07) is 0. The number of phosphoric acid groups is 2. The molecule has 0 aromatic heterocycles. The number of phosphoric ester groups is 2. The van der Waals surface area contributed by atoms with Gasteiger partial charge in [0.15, 0.2) is 5.78 Å². The van der Waals surface area contributed by atoms with Gasteiger partial charge in [0.1, 0.15) is 24.9 Å². The monoisotopic (exact) mass is 424 g/mol. The van der Waals surface area contributed by atoms with Crippen molar-refractivity contribution in [3.8, 4) is 0 Å². The first-order valence-electron chi connectivity index (χ1n) is 4.75. The first-order chi connectivity index (χ1) is 8.83. The number of hydrogen-bond acceptors (Lipinski definition) is 11. The number of carbonyl (C=O) groups is 1. The van der Waals surface area contributed by atoms with E-state index in [1.807, 2.05) is 0 Å². The molecular weight excluding hydrogens is 411 g/mol. The summed E-state index contributed by atoms with van der Waals surface area (Å²) < 4.78 is 27.5. The van der Waals surface area contributed by atoms with Crippen LogP contribution in [0.5, 0.6) is 0 Å². The average Bonchev–Trinajstić information content (AvgIpc) is 2.29. The summed E-state index contributed by atoms with van der Waals surface area (Å²) in [5.74, 6) is -1.44. The molecule has 0 spiro atoms. The second-order valence-electron chi connectivity index (χ2n) is 3.45. The molecule has 0 radical (unpaired) electrons. The topological polar surface area (TPSA) is 251 Å². The average molecular weight is 424 g/mol. The van der Waals surface area contributed by atoms with E-state index in [0.717, 1.165) is 0 Å². The third-order valence-electron chi connectivity index (χ3n) is 1.82. The van der Waals surface area contributed by atoms with Crippen LogP contribution < -0.4 is 103 Å². The molecule has 4 atom stereocenters. The Morgan fingerprint density at radius 1 is 1.00 bits per heavy atom. The van der Waals surface area contributed by atoms with E-state index in [4.69, 9.17) is 10.00 Å². The van der Waals surface area contributed by atoms with Crippen molar-refractivity contribution in [3.63, 3.8) is 0 Å². The predicted molar refractivity (Wildman–Crippen MR) is 56.0 cm³/mol.